The number of ether oxygens (including phenoxy) is 2. The van der Waals surface area contributed by atoms with Crippen LogP contribution in [-0.4, -0.2) is 73.1 Å². The van der Waals surface area contributed by atoms with Crippen LogP contribution in [0, 0.1) is 12.3 Å². The molecule has 3 unspecified atom stereocenters. The van der Waals surface area contributed by atoms with E-state index in [1.54, 1.807) is 12.1 Å². The van der Waals surface area contributed by atoms with Crippen LogP contribution in [0.4, 0.5) is 14.5 Å². The Balaban J connectivity index is 1.93. The fraction of sp³-hybridized carbons (Fsp3) is 0.550. The van der Waals surface area contributed by atoms with Gasteiger partial charge in [-0.05, 0) is 49.3 Å². The van der Waals surface area contributed by atoms with E-state index < -0.39 is 51.2 Å². The third-order valence-corrected chi connectivity index (χ3v) is 5.82. The molecule has 0 radical (unpaired) electrons. The maximum Gasteiger partial charge on any atom is 0.317 e. The lowest BCUT2D eigenvalue weighted by Gasteiger charge is -2.41. The van der Waals surface area contributed by atoms with E-state index in [2.05, 4.69) is 16.6 Å². The molecule has 184 valence electrons. The number of terminal acetylenes is 1. The van der Waals surface area contributed by atoms with Crippen molar-refractivity contribution < 1.29 is 43.4 Å². The fourth-order valence-corrected chi connectivity index (χ4v) is 3.55. The molecular weight excluding hydrogens is 481 g/mol. The molecule has 0 aromatic heterocycles. The number of hydrogen-bond donors (Lipinski definition) is 7. The van der Waals surface area contributed by atoms with Crippen LogP contribution < -0.4 is 15.4 Å². The van der Waals surface area contributed by atoms with Crippen LogP contribution in [0.1, 0.15) is 25.7 Å². The van der Waals surface area contributed by atoms with E-state index in [0.717, 1.165) is 12.8 Å². The fourth-order valence-electron chi connectivity index (χ4n) is 2.99. The van der Waals surface area contributed by atoms with Gasteiger partial charge in [-0.25, -0.2) is 0 Å². The Morgan fingerprint density at radius 1 is 1.15 bits per heavy atom. The van der Waals surface area contributed by atoms with Crippen molar-refractivity contribution in [3.63, 3.8) is 0 Å². The van der Waals surface area contributed by atoms with E-state index in [-0.39, 0.29) is 5.75 Å². The number of hydrogen-bond acceptors (Lipinski definition) is 8. The average molecular weight is 508 g/mol. The van der Waals surface area contributed by atoms with Crippen LogP contribution in [0.15, 0.2) is 24.3 Å². The molecule has 13 heteroatoms. The highest BCUT2D eigenvalue weighted by Crippen LogP contribution is 2.49. The molecule has 1 aliphatic heterocycles. The summed E-state index contributed by atoms with van der Waals surface area (Å²) in [6.45, 7) is 0.661. The Bertz CT molecular complexity index is 813. The standard InChI is InChI=1S/C20H27F2N2O7PS/c1-2-3-4-5-10-23-19(33)24-12-6-8-13(9-7-12)30-18-17(27)16(26)15(25)14(31-18)11-20(21,22)32(28)29/h1,6-9,14-18,25-29H,3-5,10-11H2,(H2,23,24,33)/t14?,15-,16?,17?,18+/m1/s1. The first-order chi connectivity index (χ1) is 15.5. The molecule has 0 amide bonds. The minimum Gasteiger partial charge on any atom is -0.462 e. The molecule has 0 aliphatic carbocycles. The monoisotopic (exact) mass is 508 g/mol. The molecule has 1 saturated heterocycles. The van der Waals surface area contributed by atoms with Gasteiger partial charge in [0.15, 0.2) is 5.11 Å². The van der Waals surface area contributed by atoms with Crippen molar-refractivity contribution in [3.05, 3.63) is 24.3 Å². The molecule has 7 N–H and O–H groups in total. The van der Waals surface area contributed by atoms with Crippen molar-refractivity contribution in [2.24, 2.45) is 0 Å². The minimum absolute atomic E-state index is 0.179. The van der Waals surface area contributed by atoms with Gasteiger partial charge in [0, 0.05) is 25.1 Å². The third-order valence-electron chi connectivity index (χ3n) is 4.81. The van der Waals surface area contributed by atoms with Gasteiger partial charge in [0.25, 0.3) is 0 Å². The number of aliphatic hydroxyl groups is 3. The number of alkyl halides is 2. The van der Waals surface area contributed by atoms with Crippen molar-refractivity contribution in [1.82, 2.24) is 5.32 Å². The van der Waals surface area contributed by atoms with Gasteiger partial charge in [-0.1, -0.05) is 0 Å². The second-order valence-electron chi connectivity index (χ2n) is 7.36. The Labute approximate surface area is 196 Å². The Kier molecular flexibility index (Phi) is 10.6. The van der Waals surface area contributed by atoms with Crippen molar-refractivity contribution in [2.75, 3.05) is 11.9 Å². The highest BCUT2D eigenvalue weighted by molar-refractivity contribution is 7.80. The average Bonchev–Trinajstić information content (AvgIpc) is 2.76. The summed E-state index contributed by atoms with van der Waals surface area (Å²) in [4.78, 5) is 17.7. The van der Waals surface area contributed by atoms with Gasteiger partial charge in [0.05, 0.1) is 6.10 Å². The molecule has 1 fully saturated rings. The molecular formula is C20H27F2N2O7PS. The van der Waals surface area contributed by atoms with E-state index in [4.69, 9.17) is 37.9 Å². The van der Waals surface area contributed by atoms with Crippen LogP contribution in [-0.2, 0) is 4.74 Å². The summed E-state index contributed by atoms with van der Waals surface area (Å²) in [6, 6.07) is 6.21. The molecule has 9 nitrogen and oxygen atoms in total. The molecule has 1 aromatic carbocycles. The van der Waals surface area contributed by atoms with Gasteiger partial charge in [-0.3, -0.25) is 0 Å². The van der Waals surface area contributed by atoms with Crippen LogP contribution in [0.5, 0.6) is 5.75 Å². The van der Waals surface area contributed by atoms with E-state index >= 15 is 0 Å². The van der Waals surface area contributed by atoms with Gasteiger partial charge in [-0.15, -0.1) is 12.3 Å². The number of thiocarbonyl (C=S) groups is 1. The summed E-state index contributed by atoms with van der Waals surface area (Å²) in [5.41, 5.74) is -3.32. The number of aliphatic hydroxyl groups excluding tert-OH is 3. The minimum atomic E-state index is -3.95. The first-order valence-electron chi connectivity index (χ1n) is 10.1. The van der Waals surface area contributed by atoms with E-state index in [0.29, 0.717) is 23.8 Å². The molecule has 0 saturated carbocycles. The van der Waals surface area contributed by atoms with Gasteiger partial charge in [0.2, 0.25) is 14.7 Å². The first kappa shape index (κ1) is 27.6. The van der Waals surface area contributed by atoms with E-state index in [1.807, 2.05) is 0 Å². The number of halogens is 2. The lowest BCUT2D eigenvalue weighted by Crippen LogP contribution is -2.59. The summed E-state index contributed by atoms with van der Waals surface area (Å²) in [5, 5.41) is 36.5. The third kappa shape index (κ3) is 8.24. The van der Waals surface area contributed by atoms with Crippen molar-refractivity contribution in [1.29, 1.82) is 0 Å². The molecule has 0 spiro atoms. The Hall–Kier alpha value is -1.68. The predicted molar refractivity (Wildman–Crippen MR) is 122 cm³/mol. The van der Waals surface area contributed by atoms with Crippen molar-refractivity contribution in [2.45, 2.75) is 62.1 Å². The molecule has 1 aliphatic rings. The molecule has 1 heterocycles. The molecule has 2 rings (SSSR count). The summed E-state index contributed by atoms with van der Waals surface area (Å²) >= 11 is 5.20. The van der Waals surface area contributed by atoms with Gasteiger partial charge >= 0.3 is 5.66 Å². The largest absolute Gasteiger partial charge is 0.462 e. The van der Waals surface area contributed by atoms with Gasteiger partial charge in [0.1, 0.15) is 24.1 Å². The molecule has 33 heavy (non-hydrogen) atoms. The summed E-state index contributed by atoms with van der Waals surface area (Å²) in [6.07, 6.45) is -2.40. The smallest absolute Gasteiger partial charge is 0.317 e. The van der Waals surface area contributed by atoms with Crippen LogP contribution in [0.25, 0.3) is 0 Å². The Morgan fingerprint density at radius 3 is 2.42 bits per heavy atom. The molecule has 1 aromatic rings. The number of anilines is 1. The SMILES string of the molecule is C#CCCCCNC(=S)Nc1ccc(O[C@H]2OC(CC(F)(F)P(O)O)[C@@H](O)C(O)C2O)cc1. The van der Waals surface area contributed by atoms with Crippen molar-refractivity contribution >= 4 is 31.4 Å². The zero-order valence-electron chi connectivity index (χ0n) is 17.5. The van der Waals surface area contributed by atoms with Gasteiger partial charge in [-0.2, -0.15) is 8.78 Å². The van der Waals surface area contributed by atoms with Crippen LogP contribution >= 0.6 is 20.6 Å². The molecule has 0 bridgehead atoms. The van der Waals surface area contributed by atoms with E-state index in [1.165, 1.54) is 12.1 Å². The number of benzene rings is 1. The zero-order valence-corrected chi connectivity index (χ0v) is 19.2. The Morgan fingerprint density at radius 2 is 1.82 bits per heavy atom. The molecule has 5 atom stereocenters. The second kappa shape index (κ2) is 12.7. The maximum atomic E-state index is 13.7. The summed E-state index contributed by atoms with van der Waals surface area (Å²) in [7, 11) is -3.63. The van der Waals surface area contributed by atoms with E-state index in [9.17, 15) is 24.1 Å². The maximum absolute atomic E-state index is 13.7. The zero-order chi connectivity index (χ0) is 24.6. The second-order valence-corrected chi connectivity index (χ2v) is 9.00. The van der Waals surface area contributed by atoms with Gasteiger partial charge < -0.3 is 45.2 Å². The summed E-state index contributed by atoms with van der Waals surface area (Å²) in [5.74, 6) is 2.74. The number of unbranched alkanes of at least 4 members (excludes halogenated alkanes) is 2. The van der Waals surface area contributed by atoms with Crippen LogP contribution in [0.2, 0.25) is 0 Å². The number of rotatable bonds is 10. The lowest BCUT2D eigenvalue weighted by molar-refractivity contribution is -0.278. The quantitative estimate of drug-likeness (QED) is 0.107. The number of nitrogens with one attached hydrogen (secondary N) is 2. The topological polar surface area (TPSA) is 144 Å². The first-order valence-corrected chi connectivity index (χ1v) is 11.7. The highest BCUT2D eigenvalue weighted by Gasteiger charge is 2.50. The lowest BCUT2D eigenvalue weighted by atomic mass is 9.97. The predicted octanol–water partition coefficient (Wildman–Crippen LogP) is 1.24. The van der Waals surface area contributed by atoms with Crippen molar-refractivity contribution in [3.8, 4) is 18.1 Å². The highest BCUT2D eigenvalue weighted by atomic mass is 32.1. The van der Waals surface area contributed by atoms with Crippen LogP contribution in [0.3, 0.4) is 0 Å². The normalized spacial score (nSPS) is 25.4. The summed E-state index contributed by atoms with van der Waals surface area (Å²) < 4.78 is 38.0.